The zero-order valence-corrected chi connectivity index (χ0v) is 16.9. The molecular formula is C19H18BrN3O6. The van der Waals surface area contributed by atoms with E-state index in [1.54, 1.807) is 41.3 Å². The first kappa shape index (κ1) is 19.5. The zero-order chi connectivity index (χ0) is 20.4. The molecule has 0 saturated carbocycles. The summed E-state index contributed by atoms with van der Waals surface area (Å²) in [5.74, 6) is -0.306. The largest absolute Gasteiger partial charge is 0.444 e. The minimum atomic E-state index is -0.486. The molecule has 4 rings (SSSR count). The number of ether oxygens (including phenoxy) is 2. The summed E-state index contributed by atoms with van der Waals surface area (Å²) in [6, 6.07) is 10.3. The van der Waals surface area contributed by atoms with Gasteiger partial charge in [0.2, 0.25) is 0 Å². The molecule has 3 heterocycles. The molecule has 1 aromatic carbocycles. The van der Waals surface area contributed by atoms with Gasteiger partial charge in [-0.3, -0.25) is 14.5 Å². The third-order valence-electron chi connectivity index (χ3n) is 4.62. The number of anilines is 2. The van der Waals surface area contributed by atoms with Crippen LogP contribution in [0.5, 0.6) is 0 Å². The quantitative estimate of drug-likeness (QED) is 0.728. The van der Waals surface area contributed by atoms with Crippen LogP contribution < -0.4 is 15.1 Å². The van der Waals surface area contributed by atoms with Crippen molar-refractivity contribution < 1.29 is 28.3 Å². The van der Waals surface area contributed by atoms with Crippen molar-refractivity contribution >= 4 is 45.2 Å². The Bertz CT molecular complexity index is 928. The average Bonchev–Trinajstić information content (AvgIpc) is 3.32. The maximum Gasteiger partial charge on any atom is 0.414 e. The highest BCUT2D eigenvalue weighted by Gasteiger charge is 2.33. The van der Waals surface area contributed by atoms with Crippen molar-refractivity contribution in [2.75, 3.05) is 42.6 Å². The zero-order valence-electron chi connectivity index (χ0n) is 15.3. The van der Waals surface area contributed by atoms with Crippen LogP contribution in [0.4, 0.5) is 16.2 Å². The minimum absolute atomic E-state index is 0.0720. The fourth-order valence-electron chi connectivity index (χ4n) is 3.17. The highest BCUT2D eigenvalue weighted by molar-refractivity contribution is 9.10. The van der Waals surface area contributed by atoms with Crippen LogP contribution in [0, 0.1) is 0 Å². The SMILES string of the molecule is O=C(NC[C@H]1CN(c2ccc(N3CCOCC3=O)cc2)C(=O)O1)c1ccc(Br)o1. The number of amides is 3. The molecule has 29 heavy (non-hydrogen) atoms. The number of rotatable bonds is 5. The van der Waals surface area contributed by atoms with Gasteiger partial charge in [0, 0.05) is 17.9 Å². The molecule has 0 unspecified atom stereocenters. The highest BCUT2D eigenvalue weighted by Crippen LogP contribution is 2.25. The third-order valence-corrected chi connectivity index (χ3v) is 5.05. The van der Waals surface area contributed by atoms with E-state index >= 15 is 0 Å². The van der Waals surface area contributed by atoms with Gasteiger partial charge < -0.3 is 24.1 Å². The summed E-state index contributed by atoms with van der Waals surface area (Å²) in [4.78, 5) is 39.3. The van der Waals surface area contributed by atoms with Crippen molar-refractivity contribution in [2.24, 2.45) is 0 Å². The molecule has 0 spiro atoms. The number of cyclic esters (lactones) is 1. The Labute approximate surface area is 174 Å². The molecule has 0 radical (unpaired) electrons. The lowest BCUT2D eigenvalue weighted by molar-refractivity contribution is -0.125. The lowest BCUT2D eigenvalue weighted by Gasteiger charge is -2.27. The summed E-state index contributed by atoms with van der Waals surface area (Å²) in [5.41, 5.74) is 1.41. The van der Waals surface area contributed by atoms with Crippen molar-refractivity contribution in [3.63, 3.8) is 0 Å². The van der Waals surface area contributed by atoms with Gasteiger partial charge in [-0.2, -0.15) is 0 Å². The Kier molecular flexibility index (Phi) is 5.54. The number of benzene rings is 1. The number of nitrogens with one attached hydrogen (secondary N) is 1. The van der Waals surface area contributed by atoms with Gasteiger partial charge in [0.15, 0.2) is 10.4 Å². The monoisotopic (exact) mass is 463 g/mol. The standard InChI is InChI=1S/C19H18BrN3O6/c20-16-6-5-15(29-16)18(25)21-9-14-10-23(19(26)28-14)13-3-1-12(2-4-13)22-7-8-27-11-17(22)24/h1-6,14H,7-11H2,(H,21,25)/t14-/m0/s1. The third kappa shape index (κ3) is 4.28. The first-order valence-electron chi connectivity index (χ1n) is 9.01. The molecule has 1 N–H and O–H groups in total. The van der Waals surface area contributed by atoms with Gasteiger partial charge in [0.1, 0.15) is 12.7 Å². The first-order chi connectivity index (χ1) is 14.0. The van der Waals surface area contributed by atoms with E-state index < -0.39 is 12.2 Å². The summed E-state index contributed by atoms with van der Waals surface area (Å²) in [5, 5.41) is 2.69. The molecule has 0 bridgehead atoms. The van der Waals surface area contributed by atoms with Gasteiger partial charge in [0.05, 0.1) is 19.7 Å². The lowest BCUT2D eigenvalue weighted by Crippen LogP contribution is -2.41. The molecule has 3 amide bonds. The molecule has 2 saturated heterocycles. The predicted octanol–water partition coefficient (Wildman–Crippen LogP) is 2.16. The first-order valence-corrected chi connectivity index (χ1v) is 9.80. The second-order valence-corrected chi connectivity index (χ2v) is 7.33. The van der Waals surface area contributed by atoms with Crippen LogP contribution in [0.3, 0.4) is 0 Å². The maximum atomic E-state index is 12.2. The molecule has 1 aromatic heterocycles. The van der Waals surface area contributed by atoms with E-state index in [2.05, 4.69) is 21.2 Å². The summed E-state index contributed by atoms with van der Waals surface area (Å²) in [7, 11) is 0. The van der Waals surface area contributed by atoms with Crippen LogP contribution in [-0.2, 0) is 14.3 Å². The Balaban J connectivity index is 1.35. The van der Waals surface area contributed by atoms with Crippen LogP contribution in [-0.4, -0.2) is 56.9 Å². The Morgan fingerprint density at radius 3 is 2.48 bits per heavy atom. The number of halogens is 1. The van der Waals surface area contributed by atoms with E-state index in [1.165, 1.54) is 4.90 Å². The van der Waals surface area contributed by atoms with E-state index in [-0.39, 0.29) is 30.7 Å². The number of hydrogen-bond acceptors (Lipinski definition) is 6. The Hall–Kier alpha value is -2.85. The average molecular weight is 464 g/mol. The van der Waals surface area contributed by atoms with Crippen LogP contribution in [0.25, 0.3) is 0 Å². The fourth-order valence-corrected chi connectivity index (χ4v) is 3.48. The molecule has 10 heteroatoms. The lowest BCUT2D eigenvalue weighted by atomic mass is 10.2. The number of morpholine rings is 1. The predicted molar refractivity (Wildman–Crippen MR) is 106 cm³/mol. The van der Waals surface area contributed by atoms with Crippen molar-refractivity contribution in [3.8, 4) is 0 Å². The second kappa shape index (κ2) is 8.26. The van der Waals surface area contributed by atoms with Gasteiger partial charge in [-0.15, -0.1) is 0 Å². The van der Waals surface area contributed by atoms with Crippen molar-refractivity contribution in [1.82, 2.24) is 5.32 Å². The molecule has 1 atom stereocenters. The topological polar surface area (TPSA) is 101 Å². The van der Waals surface area contributed by atoms with Gasteiger partial charge in [-0.1, -0.05) is 0 Å². The van der Waals surface area contributed by atoms with E-state index in [0.717, 1.165) is 5.69 Å². The molecular weight excluding hydrogens is 446 g/mol. The van der Waals surface area contributed by atoms with Crippen LogP contribution in [0.2, 0.25) is 0 Å². The van der Waals surface area contributed by atoms with Gasteiger partial charge in [0.25, 0.3) is 11.8 Å². The normalized spacial score (nSPS) is 19.4. The fraction of sp³-hybridized carbons (Fsp3) is 0.316. The molecule has 2 aliphatic rings. The summed E-state index contributed by atoms with van der Waals surface area (Å²) < 4.78 is 16.1. The number of hydrogen-bond donors (Lipinski definition) is 1. The van der Waals surface area contributed by atoms with Crippen molar-refractivity contribution in [3.05, 3.63) is 46.8 Å². The van der Waals surface area contributed by atoms with Gasteiger partial charge >= 0.3 is 6.09 Å². The van der Waals surface area contributed by atoms with E-state index in [9.17, 15) is 14.4 Å². The molecule has 152 valence electrons. The van der Waals surface area contributed by atoms with Crippen LogP contribution >= 0.6 is 15.9 Å². The smallest absolute Gasteiger partial charge is 0.414 e. The minimum Gasteiger partial charge on any atom is -0.444 e. The number of nitrogens with zero attached hydrogens (tertiary/aromatic N) is 2. The number of furan rings is 1. The molecule has 9 nitrogen and oxygen atoms in total. The van der Waals surface area contributed by atoms with Crippen LogP contribution in [0.1, 0.15) is 10.6 Å². The van der Waals surface area contributed by atoms with E-state index in [0.29, 0.717) is 30.1 Å². The maximum absolute atomic E-state index is 12.2. The summed E-state index contributed by atoms with van der Waals surface area (Å²) in [6.07, 6.45) is -0.967. The number of carbonyl (C=O) groups is 3. The molecule has 0 aliphatic carbocycles. The van der Waals surface area contributed by atoms with Crippen molar-refractivity contribution in [1.29, 1.82) is 0 Å². The van der Waals surface area contributed by atoms with Crippen molar-refractivity contribution in [2.45, 2.75) is 6.10 Å². The number of carbonyl (C=O) groups excluding carboxylic acids is 3. The molecule has 2 aliphatic heterocycles. The molecule has 2 fully saturated rings. The Morgan fingerprint density at radius 2 is 1.83 bits per heavy atom. The summed E-state index contributed by atoms with van der Waals surface area (Å²) >= 11 is 3.14. The van der Waals surface area contributed by atoms with Gasteiger partial charge in [-0.05, 0) is 52.3 Å². The Morgan fingerprint density at radius 1 is 1.10 bits per heavy atom. The molecule has 2 aromatic rings. The van der Waals surface area contributed by atoms with Gasteiger partial charge in [-0.25, -0.2) is 4.79 Å². The summed E-state index contributed by atoms with van der Waals surface area (Å²) in [6.45, 7) is 1.53. The van der Waals surface area contributed by atoms with E-state index in [4.69, 9.17) is 13.9 Å². The highest BCUT2D eigenvalue weighted by atomic mass is 79.9. The second-order valence-electron chi connectivity index (χ2n) is 6.54. The van der Waals surface area contributed by atoms with Crippen LogP contribution in [0.15, 0.2) is 45.5 Å². The van der Waals surface area contributed by atoms with E-state index in [1.807, 2.05) is 0 Å².